The van der Waals surface area contributed by atoms with E-state index in [1.807, 2.05) is 0 Å². The number of benzene rings is 1. The molecule has 1 heterocycles. The summed E-state index contributed by atoms with van der Waals surface area (Å²) in [5.74, 6) is 1.44. The summed E-state index contributed by atoms with van der Waals surface area (Å²) in [5, 5.41) is 10.8. The first-order valence-corrected chi connectivity index (χ1v) is 11.6. The summed E-state index contributed by atoms with van der Waals surface area (Å²) < 4.78 is 13.4. The summed E-state index contributed by atoms with van der Waals surface area (Å²) in [4.78, 5) is 14.2. The molecule has 0 saturated carbocycles. The molecule has 1 aromatic heterocycles. The molecule has 0 aliphatic heterocycles. The molecular weight excluding hydrogens is 394 g/mol. The number of rotatable bonds is 16. The second kappa shape index (κ2) is 13.8. The minimum atomic E-state index is -0.481. The Labute approximate surface area is 185 Å². The molecule has 0 amide bonds. The van der Waals surface area contributed by atoms with Crippen molar-refractivity contribution in [2.75, 3.05) is 19.8 Å². The summed E-state index contributed by atoms with van der Waals surface area (Å²) in [6.45, 7) is 8.15. The molecule has 1 aromatic carbocycles. The molecule has 7 nitrogen and oxygen atoms in total. The highest BCUT2D eigenvalue weighted by molar-refractivity contribution is 5.37. The molecule has 0 atom stereocenters. The zero-order valence-electron chi connectivity index (χ0n) is 19.3. The van der Waals surface area contributed by atoms with Crippen molar-refractivity contribution in [2.45, 2.75) is 78.7 Å². The van der Waals surface area contributed by atoms with Crippen molar-refractivity contribution in [3.8, 4) is 5.75 Å². The number of nitrogens with zero attached hydrogens (tertiary/aromatic N) is 3. The van der Waals surface area contributed by atoms with E-state index in [2.05, 4.69) is 37.0 Å². The van der Waals surface area contributed by atoms with Gasteiger partial charge in [0.1, 0.15) is 18.6 Å². The largest absolute Gasteiger partial charge is 0.491 e. The molecular formula is C24H37N3O4. The Morgan fingerprint density at radius 1 is 1.03 bits per heavy atom. The van der Waals surface area contributed by atoms with Crippen molar-refractivity contribution < 1.29 is 14.4 Å². The maximum atomic E-state index is 10.8. The molecule has 0 saturated heterocycles. The van der Waals surface area contributed by atoms with Crippen LogP contribution in [0.3, 0.4) is 0 Å². The zero-order chi connectivity index (χ0) is 22.5. The Morgan fingerprint density at radius 2 is 1.77 bits per heavy atom. The van der Waals surface area contributed by atoms with Gasteiger partial charge in [-0.05, 0) is 52.8 Å². The lowest BCUT2D eigenvalue weighted by molar-refractivity contribution is -0.389. The van der Waals surface area contributed by atoms with E-state index in [0.29, 0.717) is 32.2 Å². The van der Waals surface area contributed by atoms with Crippen molar-refractivity contribution in [1.29, 1.82) is 0 Å². The third kappa shape index (κ3) is 8.69. The maximum absolute atomic E-state index is 10.8. The predicted molar refractivity (Wildman–Crippen MR) is 123 cm³/mol. The molecule has 2 rings (SSSR count). The van der Waals surface area contributed by atoms with E-state index in [1.54, 1.807) is 11.5 Å². The van der Waals surface area contributed by atoms with Gasteiger partial charge in [-0.3, -0.25) is 0 Å². The van der Waals surface area contributed by atoms with Gasteiger partial charge < -0.3 is 24.2 Å². The fourth-order valence-corrected chi connectivity index (χ4v) is 3.55. The molecule has 7 heteroatoms. The second-order valence-electron chi connectivity index (χ2n) is 7.91. The van der Waals surface area contributed by atoms with Crippen LogP contribution in [0.15, 0.2) is 24.4 Å². The first-order chi connectivity index (χ1) is 15.0. The molecule has 0 aliphatic rings. The normalized spacial score (nSPS) is 11.1. The average Bonchev–Trinajstić information content (AvgIpc) is 3.13. The van der Waals surface area contributed by atoms with Gasteiger partial charge >= 0.3 is 5.82 Å². The summed E-state index contributed by atoms with van der Waals surface area (Å²) in [6, 6.07) is 6.61. The molecule has 2 aromatic rings. The van der Waals surface area contributed by atoms with Crippen molar-refractivity contribution in [3.05, 3.63) is 51.5 Å². The van der Waals surface area contributed by atoms with Crippen LogP contribution in [0.5, 0.6) is 5.75 Å². The predicted octanol–water partition coefficient (Wildman–Crippen LogP) is 5.66. The first kappa shape index (κ1) is 24.9. The van der Waals surface area contributed by atoms with E-state index in [4.69, 9.17) is 9.47 Å². The smallest absolute Gasteiger partial charge is 0.381 e. The summed E-state index contributed by atoms with van der Waals surface area (Å²) in [7, 11) is 0. The van der Waals surface area contributed by atoms with Crippen molar-refractivity contribution in [2.24, 2.45) is 0 Å². The molecule has 0 N–H and O–H groups in total. The molecule has 0 spiro atoms. The molecule has 0 radical (unpaired) electrons. The topological polar surface area (TPSA) is 79.4 Å². The van der Waals surface area contributed by atoms with Crippen LogP contribution in [0.4, 0.5) is 5.82 Å². The van der Waals surface area contributed by atoms with Crippen LogP contribution in [0.25, 0.3) is 0 Å². The van der Waals surface area contributed by atoms with E-state index in [1.165, 1.54) is 55.8 Å². The molecule has 0 unspecified atom stereocenters. The van der Waals surface area contributed by atoms with Gasteiger partial charge in [-0.25, -0.2) is 0 Å². The number of ether oxygens (including phenoxy) is 2. The van der Waals surface area contributed by atoms with E-state index in [0.717, 1.165) is 18.6 Å². The molecule has 172 valence electrons. The summed E-state index contributed by atoms with van der Waals surface area (Å²) in [5.41, 5.74) is 2.69. The van der Waals surface area contributed by atoms with Crippen LogP contribution in [0.1, 0.15) is 69.3 Å². The Kier molecular flexibility index (Phi) is 11.1. The van der Waals surface area contributed by atoms with Gasteiger partial charge in [0.15, 0.2) is 0 Å². The molecule has 0 aliphatic carbocycles. The monoisotopic (exact) mass is 431 g/mol. The van der Waals surface area contributed by atoms with Gasteiger partial charge in [-0.1, -0.05) is 51.7 Å². The third-order valence-corrected chi connectivity index (χ3v) is 5.36. The maximum Gasteiger partial charge on any atom is 0.381 e. The highest BCUT2D eigenvalue weighted by Crippen LogP contribution is 2.24. The van der Waals surface area contributed by atoms with Crippen LogP contribution in [0, 0.1) is 17.0 Å². The van der Waals surface area contributed by atoms with Crippen LogP contribution in [0.2, 0.25) is 0 Å². The average molecular weight is 432 g/mol. The number of unbranched alkanes of at least 4 members (excludes halogenated alkanes) is 4. The summed E-state index contributed by atoms with van der Waals surface area (Å²) >= 11 is 0. The van der Waals surface area contributed by atoms with E-state index in [-0.39, 0.29) is 5.82 Å². The SMILES string of the molecule is CCCCCc1ccc(OCCOCCn2cc([N+](=O)[O-])nc2C)c(CCCCC)c1. The first-order valence-electron chi connectivity index (χ1n) is 11.6. The second-order valence-corrected chi connectivity index (χ2v) is 7.91. The minimum absolute atomic E-state index is 0.130. The van der Waals surface area contributed by atoms with E-state index in [9.17, 15) is 10.1 Å². The number of hydrogen-bond donors (Lipinski definition) is 0. The van der Waals surface area contributed by atoms with E-state index >= 15 is 0 Å². The fourth-order valence-electron chi connectivity index (χ4n) is 3.55. The van der Waals surface area contributed by atoms with Gasteiger partial charge in [0.05, 0.1) is 13.2 Å². The van der Waals surface area contributed by atoms with Gasteiger partial charge in [0.2, 0.25) is 5.82 Å². The van der Waals surface area contributed by atoms with Gasteiger partial charge in [0, 0.05) is 13.5 Å². The van der Waals surface area contributed by atoms with Crippen molar-refractivity contribution in [3.63, 3.8) is 0 Å². The standard InChI is InChI=1S/C24H37N3O4/c1-4-6-8-10-21-12-13-23(22(18-21)11-9-7-5-2)31-17-16-30-15-14-26-19-24(27(28)29)25-20(26)3/h12-13,18-19H,4-11,14-17H2,1-3H3. The highest BCUT2D eigenvalue weighted by Gasteiger charge is 2.14. The Morgan fingerprint density at radius 3 is 2.45 bits per heavy atom. The van der Waals surface area contributed by atoms with Gasteiger partial charge in [-0.2, -0.15) is 0 Å². The number of aromatic nitrogens is 2. The van der Waals surface area contributed by atoms with Gasteiger partial charge in [-0.15, -0.1) is 0 Å². The number of imidazole rings is 1. The molecule has 0 bridgehead atoms. The number of hydrogen-bond acceptors (Lipinski definition) is 5. The lowest BCUT2D eigenvalue weighted by atomic mass is 10.0. The lowest BCUT2D eigenvalue weighted by Crippen LogP contribution is -2.12. The summed E-state index contributed by atoms with van der Waals surface area (Å²) in [6.07, 6.45) is 11.0. The quantitative estimate of drug-likeness (QED) is 0.195. The van der Waals surface area contributed by atoms with Crippen LogP contribution in [-0.4, -0.2) is 34.3 Å². The van der Waals surface area contributed by atoms with Crippen LogP contribution in [-0.2, 0) is 24.1 Å². The third-order valence-electron chi connectivity index (χ3n) is 5.36. The Bertz CT molecular complexity index is 804. The van der Waals surface area contributed by atoms with Crippen LogP contribution >= 0.6 is 0 Å². The Balaban J connectivity index is 1.79. The Hall–Kier alpha value is -2.41. The number of nitro groups is 1. The fraction of sp³-hybridized carbons (Fsp3) is 0.625. The highest BCUT2D eigenvalue weighted by atomic mass is 16.6. The molecule has 0 fully saturated rings. The zero-order valence-corrected chi connectivity index (χ0v) is 19.3. The van der Waals surface area contributed by atoms with Crippen LogP contribution < -0.4 is 4.74 Å². The van der Waals surface area contributed by atoms with Gasteiger partial charge in [0.25, 0.3) is 0 Å². The van der Waals surface area contributed by atoms with Crippen molar-refractivity contribution in [1.82, 2.24) is 9.55 Å². The lowest BCUT2D eigenvalue weighted by Gasteiger charge is -2.14. The van der Waals surface area contributed by atoms with Crippen molar-refractivity contribution >= 4 is 5.82 Å². The number of aryl methyl sites for hydroxylation is 3. The molecule has 31 heavy (non-hydrogen) atoms. The van der Waals surface area contributed by atoms with E-state index < -0.39 is 4.92 Å². The minimum Gasteiger partial charge on any atom is -0.491 e.